The molecule has 0 radical (unpaired) electrons. The molecule has 0 fully saturated rings. The fourth-order valence-electron chi connectivity index (χ4n) is 3.35. The van der Waals surface area contributed by atoms with Gasteiger partial charge in [0.25, 0.3) is 0 Å². The van der Waals surface area contributed by atoms with E-state index in [0.29, 0.717) is 0 Å². The molecule has 94 valence electrons. The van der Waals surface area contributed by atoms with Crippen molar-refractivity contribution >= 4 is 33.1 Å². The van der Waals surface area contributed by atoms with Crippen LogP contribution in [0.2, 0.25) is 0 Å². The summed E-state index contributed by atoms with van der Waals surface area (Å²) >= 11 is 6.47. The first kappa shape index (κ1) is 11.3. The predicted octanol–water partition coefficient (Wildman–Crippen LogP) is 5.61. The SMILES string of the molecule is ClC1CCCc2c1ccc1c2ccc2ccccc21. The minimum absolute atomic E-state index is 0.194. The van der Waals surface area contributed by atoms with E-state index in [2.05, 4.69) is 48.5 Å². The molecular formula is C18H15Cl. The van der Waals surface area contributed by atoms with E-state index in [1.54, 1.807) is 0 Å². The summed E-state index contributed by atoms with van der Waals surface area (Å²) in [6, 6.07) is 17.6. The maximum absolute atomic E-state index is 6.47. The van der Waals surface area contributed by atoms with Gasteiger partial charge in [0.15, 0.2) is 0 Å². The largest absolute Gasteiger partial charge is 0.118 e. The molecule has 3 aromatic carbocycles. The van der Waals surface area contributed by atoms with Crippen LogP contribution < -0.4 is 0 Å². The van der Waals surface area contributed by atoms with Crippen molar-refractivity contribution in [2.24, 2.45) is 0 Å². The van der Waals surface area contributed by atoms with Crippen molar-refractivity contribution in [2.45, 2.75) is 24.6 Å². The quantitative estimate of drug-likeness (QED) is 0.366. The van der Waals surface area contributed by atoms with E-state index in [1.807, 2.05) is 0 Å². The molecule has 0 heterocycles. The number of rotatable bonds is 0. The zero-order valence-corrected chi connectivity index (χ0v) is 11.5. The Hall–Kier alpha value is -1.53. The Morgan fingerprint density at radius 1 is 0.842 bits per heavy atom. The Balaban J connectivity index is 2.13. The zero-order valence-electron chi connectivity index (χ0n) is 10.7. The summed E-state index contributed by atoms with van der Waals surface area (Å²) in [5.74, 6) is 0. The third-order valence-corrected chi connectivity index (χ3v) is 4.75. The first-order chi connectivity index (χ1) is 9.34. The van der Waals surface area contributed by atoms with E-state index in [9.17, 15) is 0 Å². The van der Waals surface area contributed by atoms with Crippen LogP contribution in [0.4, 0.5) is 0 Å². The summed E-state index contributed by atoms with van der Waals surface area (Å²) in [4.78, 5) is 0. The van der Waals surface area contributed by atoms with Crippen molar-refractivity contribution in [1.29, 1.82) is 0 Å². The number of fused-ring (bicyclic) bond motifs is 5. The van der Waals surface area contributed by atoms with E-state index in [4.69, 9.17) is 11.6 Å². The Morgan fingerprint density at radius 2 is 1.68 bits per heavy atom. The molecule has 4 rings (SSSR count). The molecule has 1 aliphatic carbocycles. The second-order valence-electron chi connectivity index (χ2n) is 5.37. The van der Waals surface area contributed by atoms with Crippen LogP contribution in [0.5, 0.6) is 0 Å². The van der Waals surface area contributed by atoms with Crippen LogP contribution in [0.25, 0.3) is 21.5 Å². The van der Waals surface area contributed by atoms with Gasteiger partial charge in [-0.15, -0.1) is 11.6 Å². The lowest BCUT2D eigenvalue weighted by Crippen LogP contribution is -2.05. The van der Waals surface area contributed by atoms with Gasteiger partial charge in [-0.1, -0.05) is 48.5 Å². The minimum Gasteiger partial charge on any atom is -0.118 e. The Labute approximate surface area is 118 Å². The van der Waals surface area contributed by atoms with Gasteiger partial charge in [-0.25, -0.2) is 0 Å². The van der Waals surface area contributed by atoms with Crippen molar-refractivity contribution in [1.82, 2.24) is 0 Å². The molecule has 0 amide bonds. The highest BCUT2D eigenvalue weighted by Gasteiger charge is 2.20. The van der Waals surface area contributed by atoms with Crippen molar-refractivity contribution < 1.29 is 0 Å². The molecule has 1 atom stereocenters. The second kappa shape index (κ2) is 4.25. The fraction of sp³-hybridized carbons (Fsp3) is 0.222. The maximum atomic E-state index is 6.47. The van der Waals surface area contributed by atoms with Gasteiger partial charge >= 0.3 is 0 Å². The molecule has 0 spiro atoms. The van der Waals surface area contributed by atoms with Gasteiger partial charge in [-0.3, -0.25) is 0 Å². The van der Waals surface area contributed by atoms with Crippen molar-refractivity contribution in [3.05, 3.63) is 59.7 Å². The average molecular weight is 267 g/mol. The van der Waals surface area contributed by atoms with E-state index in [0.717, 1.165) is 12.8 Å². The Morgan fingerprint density at radius 3 is 2.63 bits per heavy atom. The first-order valence-corrected chi connectivity index (χ1v) is 7.35. The Kier molecular flexibility index (Phi) is 2.53. The highest BCUT2D eigenvalue weighted by Crippen LogP contribution is 2.39. The summed E-state index contributed by atoms with van der Waals surface area (Å²) in [6.45, 7) is 0. The van der Waals surface area contributed by atoms with E-state index in [1.165, 1.54) is 39.1 Å². The van der Waals surface area contributed by atoms with Gasteiger partial charge in [0, 0.05) is 0 Å². The number of halogens is 1. The number of aryl methyl sites for hydroxylation is 1. The standard InChI is InChI=1S/C18H15Cl/c19-18-7-3-6-14-16-9-8-12-4-1-2-5-13(12)15(16)10-11-17(14)18/h1-2,4-5,8-11,18H,3,6-7H2. The lowest BCUT2D eigenvalue weighted by Gasteiger charge is -2.22. The van der Waals surface area contributed by atoms with Crippen LogP contribution in [0.3, 0.4) is 0 Å². The third-order valence-electron chi connectivity index (χ3n) is 4.30. The summed E-state index contributed by atoms with van der Waals surface area (Å²) < 4.78 is 0. The van der Waals surface area contributed by atoms with Crippen molar-refractivity contribution in [2.75, 3.05) is 0 Å². The highest BCUT2D eigenvalue weighted by molar-refractivity contribution is 6.21. The molecule has 0 saturated heterocycles. The van der Waals surface area contributed by atoms with Crippen LogP contribution >= 0.6 is 11.6 Å². The lowest BCUT2D eigenvalue weighted by atomic mass is 9.86. The number of hydrogen-bond donors (Lipinski definition) is 0. The number of hydrogen-bond acceptors (Lipinski definition) is 0. The smallest absolute Gasteiger partial charge is 0.0588 e. The van der Waals surface area contributed by atoms with Gasteiger partial charge in [0.2, 0.25) is 0 Å². The molecule has 1 aliphatic rings. The van der Waals surface area contributed by atoms with E-state index in [-0.39, 0.29) is 5.38 Å². The molecular weight excluding hydrogens is 252 g/mol. The predicted molar refractivity (Wildman–Crippen MR) is 83.0 cm³/mol. The van der Waals surface area contributed by atoms with Gasteiger partial charge in [-0.05, 0) is 51.9 Å². The van der Waals surface area contributed by atoms with E-state index >= 15 is 0 Å². The van der Waals surface area contributed by atoms with Crippen LogP contribution in [-0.2, 0) is 6.42 Å². The van der Waals surface area contributed by atoms with Crippen LogP contribution in [-0.4, -0.2) is 0 Å². The van der Waals surface area contributed by atoms with E-state index < -0.39 is 0 Å². The minimum atomic E-state index is 0.194. The summed E-state index contributed by atoms with van der Waals surface area (Å²) in [6.07, 6.45) is 3.47. The molecule has 0 aliphatic heterocycles. The van der Waals surface area contributed by atoms with Crippen molar-refractivity contribution in [3.8, 4) is 0 Å². The van der Waals surface area contributed by atoms with Gasteiger partial charge in [-0.2, -0.15) is 0 Å². The monoisotopic (exact) mass is 266 g/mol. The van der Waals surface area contributed by atoms with Crippen molar-refractivity contribution in [3.63, 3.8) is 0 Å². The normalized spacial score (nSPS) is 18.7. The Bertz CT molecular complexity index is 773. The van der Waals surface area contributed by atoms with Gasteiger partial charge in [0.05, 0.1) is 5.38 Å². The van der Waals surface area contributed by atoms with Gasteiger partial charge < -0.3 is 0 Å². The number of alkyl halides is 1. The number of benzene rings is 3. The third kappa shape index (κ3) is 1.67. The molecule has 0 aromatic heterocycles. The molecule has 1 unspecified atom stereocenters. The van der Waals surface area contributed by atoms with Crippen LogP contribution in [0.15, 0.2) is 48.5 Å². The summed E-state index contributed by atoms with van der Waals surface area (Å²) in [5, 5.41) is 5.61. The first-order valence-electron chi connectivity index (χ1n) is 6.92. The fourth-order valence-corrected chi connectivity index (χ4v) is 3.71. The van der Waals surface area contributed by atoms with Crippen LogP contribution in [0, 0.1) is 0 Å². The average Bonchev–Trinajstić information content (AvgIpc) is 2.47. The molecule has 1 heteroatoms. The highest BCUT2D eigenvalue weighted by atomic mass is 35.5. The summed E-state index contributed by atoms with van der Waals surface area (Å²) in [7, 11) is 0. The topological polar surface area (TPSA) is 0 Å². The molecule has 0 bridgehead atoms. The lowest BCUT2D eigenvalue weighted by molar-refractivity contribution is 0.672. The maximum Gasteiger partial charge on any atom is 0.0588 e. The molecule has 0 nitrogen and oxygen atoms in total. The van der Waals surface area contributed by atoms with Crippen LogP contribution in [0.1, 0.15) is 29.3 Å². The second-order valence-corrected chi connectivity index (χ2v) is 5.90. The molecule has 0 saturated carbocycles. The molecule has 0 N–H and O–H groups in total. The molecule has 19 heavy (non-hydrogen) atoms. The molecule has 3 aromatic rings. The zero-order chi connectivity index (χ0) is 12.8. The van der Waals surface area contributed by atoms with Gasteiger partial charge in [0.1, 0.15) is 0 Å². The summed E-state index contributed by atoms with van der Waals surface area (Å²) in [5.41, 5.74) is 2.81.